The zero-order valence-electron chi connectivity index (χ0n) is 20.7. The number of benzene rings is 1. The summed E-state index contributed by atoms with van der Waals surface area (Å²) in [5.41, 5.74) is 6.62. The molecular formula is C27H36N6O3. The molecule has 4 rings (SSSR count). The van der Waals surface area contributed by atoms with E-state index in [1.54, 1.807) is 0 Å². The number of nitrogens with one attached hydrogen (secondary N) is 2. The zero-order valence-corrected chi connectivity index (χ0v) is 20.7. The van der Waals surface area contributed by atoms with E-state index in [4.69, 9.17) is 5.73 Å². The molecule has 2 saturated heterocycles. The summed E-state index contributed by atoms with van der Waals surface area (Å²) >= 11 is 0. The molecule has 192 valence electrons. The maximum absolute atomic E-state index is 13.0. The monoisotopic (exact) mass is 492 g/mol. The number of carbonyl (C=O) groups excluding carboxylic acids is 3. The van der Waals surface area contributed by atoms with Gasteiger partial charge in [-0.25, -0.2) is 0 Å². The summed E-state index contributed by atoms with van der Waals surface area (Å²) < 4.78 is 0. The van der Waals surface area contributed by atoms with Gasteiger partial charge in [-0.2, -0.15) is 0 Å². The summed E-state index contributed by atoms with van der Waals surface area (Å²) in [4.78, 5) is 46.5. The van der Waals surface area contributed by atoms with Crippen LogP contribution >= 0.6 is 0 Å². The highest BCUT2D eigenvalue weighted by atomic mass is 16.2. The van der Waals surface area contributed by atoms with Crippen molar-refractivity contribution < 1.29 is 14.4 Å². The predicted octanol–water partition coefficient (Wildman–Crippen LogP) is 1.96. The van der Waals surface area contributed by atoms with E-state index >= 15 is 0 Å². The lowest BCUT2D eigenvalue weighted by molar-refractivity contribution is -0.128. The lowest BCUT2D eigenvalue weighted by Gasteiger charge is -2.35. The first-order valence-corrected chi connectivity index (χ1v) is 12.8. The number of rotatable bonds is 9. The summed E-state index contributed by atoms with van der Waals surface area (Å²) in [5.74, 6) is -0.113. The molecule has 3 fully saturated rings. The first-order chi connectivity index (χ1) is 17.5. The number of carbonyl (C=O) groups is 3. The Kier molecular flexibility index (Phi) is 8.07. The van der Waals surface area contributed by atoms with E-state index < -0.39 is 11.4 Å². The number of amides is 3. The summed E-state index contributed by atoms with van der Waals surface area (Å²) in [6.45, 7) is 7.38. The molecule has 3 aliphatic rings. The van der Waals surface area contributed by atoms with Gasteiger partial charge in [0.1, 0.15) is 5.54 Å². The van der Waals surface area contributed by atoms with Crippen LogP contribution in [0.4, 0.5) is 5.69 Å². The third-order valence-corrected chi connectivity index (χ3v) is 7.33. The lowest BCUT2D eigenvalue weighted by atomic mass is 9.95. The van der Waals surface area contributed by atoms with E-state index in [0.717, 1.165) is 63.1 Å². The molecule has 0 bridgehead atoms. The number of hydrogen-bond acceptors (Lipinski definition) is 6. The fourth-order valence-electron chi connectivity index (χ4n) is 4.94. The van der Waals surface area contributed by atoms with Crippen LogP contribution in [0.3, 0.4) is 0 Å². The molecule has 0 radical (unpaired) electrons. The number of para-hydroxylation sites is 1. The minimum absolute atomic E-state index is 0.123. The van der Waals surface area contributed by atoms with Gasteiger partial charge in [0.05, 0.1) is 11.1 Å². The molecule has 0 spiro atoms. The van der Waals surface area contributed by atoms with Crippen LogP contribution in [0, 0.1) is 5.92 Å². The van der Waals surface area contributed by atoms with Gasteiger partial charge in [-0.3, -0.25) is 19.4 Å². The Balaban J connectivity index is 1.27. The third-order valence-electron chi connectivity index (χ3n) is 7.33. The molecule has 1 aromatic rings. The molecule has 1 aliphatic carbocycles. The Morgan fingerprint density at radius 2 is 1.81 bits per heavy atom. The van der Waals surface area contributed by atoms with Gasteiger partial charge < -0.3 is 26.2 Å². The average Bonchev–Trinajstić information content (AvgIpc) is 3.47. The van der Waals surface area contributed by atoms with Gasteiger partial charge in [-0.05, 0) is 56.6 Å². The Bertz CT molecular complexity index is 1050. The summed E-state index contributed by atoms with van der Waals surface area (Å²) in [6.07, 6.45) is 8.99. The average molecular weight is 493 g/mol. The number of nitrogens with zero attached hydrogens (tertiary/aromatic N) is 3. The molecule has 3 amide bonds. The van der Waals surface area contributed by atoms with Crippen molar-refractivity contribution in [2.45, 2.75) is 44.1 Å². The molecule has 2 heterocycles. The van der Waals surface area contributed by atoms with Gasteiger partial charge in [0.25, 0.3) is 11.8 Å². The largest absolute Gasteiger partial charge is 0.404 e. The van der Waals surface area contributed by atoms with Crippen LogP contribution < -0.4 is 21.3 Å². The quantitative estimate of drug-likeness (QED) is 0.360. The second-order valence-electron chi connectivity index (χ2n) is 9.78. The van der Waals surface area contributed by atoms with E-state index in [1.165, 1.54) is 18.6 Å². The van der Waals surface area contributed by atoms with Crippen LogP contribution in [0.1, 0.15) is 48.9 Å². The fraction of sp³-hybridized carbons (Fsp3) is 0.481. The molecule has 0 unspecified atom stereocenters. The van der Waals surface area contributed by atoms with Crippen molar-refractivity contribution >= 4 is 29.6 Å². The molecule has 1 saturated carbocycles. The topological polar surface area (TPSA) is 120 Å². The Hall–Kier alpha value is -3.62. The molecule has 9 nitrogen and oxygen atoms in total. The molecule has 0 atom stereocenters. The van der Waals surface area contributed by atoms with Crippen LogP contribution in [0.25, 0.3) is 0 Å². The van der Waals surface area contributed by atoms with Crippen molar-refractivity contribution in [2.75, 3.05) is 37.6 Å². The van der Waals surface area contributed by atoms with Gasteiger partial charge in [-0.15, -0.1) is 0 Å². The third kappa shape index (κ3) is 5.78. The summed E-state index contributed by atoms with van der Waals surface area (Å²) in [5, 5.41) is 5.86. The van der Waals surface area contributed by atoms with E-state index in [9.17, 15) is 14.4 Å². The summed E-state index contributed by atoms with van der Waals surface area (Å²) in [6, 6.07) is 7.88. The lowest BCUT2D eigenvalue weighted by Crippen LogP contribution is -2.51. The highest BCUT2D eigenvalue weighted by Gasteiger charge is 2.51. The predicted molar refractivity (Wildman–Crippen MR) is 141 cm³/mol. The van der Waals surface area contributed by atoms with Gasteiger partial charge in [0.15, 0.2) is 0 Å². The van der Waals surface area contributed by atoms with Gasteiger partial charge in [0, 0.05) is 57.0 Å². The first-order valence-electron chi connectivity index (χ1n) is 12.8. The molecular weight excluding hydrogens is 456 g/mol. The van der Waals surface area contributed by atoms with E-state index in [2.05, 4.69) is 27.1 Å². The van der Waals surface area contributed by atoms with Crippen molar-refractivity contribution in [3.63, 3.8) is 0 Å². The SMILES string of the molecule is C=C/N=C\C(=C/N)C(=O)NC1(C(=O)NCC2CCN(c3ccccc3C(=O)N3CCCC3)CC2)CC1. The molecule has 4 N–H and O–H groups in total. The normalized spacial score (nSPS) is 19.8. The van der Waals surface area contributed by atoms with Crippen molar-refractivity contribution in [2.24, 2.45) is 16.6 Å². The summed E-state index contributed by atoms with van der Waals surface area (Å²) in [7, 11) is 0. The standard InChI is InChI=1S/C27H36N6O3/c1-2-29-19-21(17-28)24(34)31-27(11-12-27)26(36)30-18-20-9-15-32(16-10-20)23-8-4-3-7-22(23)25(35)33-13-5-6-14-33/h2-4,7-8,17,19-20H,1,5-6,9-16,18,28H2,(H,30,36)(H,31,34)/b21-17+,29-19-. The Morgan fingerprint density at radius 3 is 2.44 bits per heavy atom. The number of anilines is 1. The molecule has 1 aromatic carbocycles. The smallest absolute Gasteiger partial charge is 0.255 e. The van der Waals surface area contributed by atoms with Crippen molar-refractivity contribution in [1.29, 1.82) is 0 Å². The Labute approximate surface area is 212 Å². The van der Waals surface area contributed by atoms with Crippen LogP contribution in [-0.4, -0.2) is 67.1 Å². The minimum Gasteiger partial charge on any atom is -0.404 e. The van der Waals surface area contributed by atoms with Crippen LogP contribution in [0.15, 0.2) is 53.8 Å². The van der Waals surface area contributed by atoms with Crippen molar-refractivity contribution in [3.8, 4) is 0 Å². The molecule has 0 aromatic heterocycles. The fourth-order valence-corrected chi connectivity index (χ4v) is 4.94. The number of likely N-dealkylation sites (tertiary alicyclic amines) is 1. The second kappa shape index (κ2) is 11.4. The maximum atomic E-state index is 13.0. The molecule has 2 aliphatic heterocycles. The van der Waals surface area contributed by atoms with Gasteiger partial charge in [0.2, 0.25) is 5.91 Å². The van der Waals surface area contributed by atoms with Crippen LogP contribution in [-0.2, 0) is 9.59 Å². The van der Waals surface area contributed by atoms with Crippen LogP contribution in [0.5, 0.6) is 0 Å². The van der Waals surface area contributed by atoms with E-state index in [-0.39, 0.29) is 17.4 Å². The Morgan fingerprint density at radius 1 is 1.11 bits per heavy atom. The minimum atomic E-state index is -0.872. The van der Waals surface area contributed by atoms with Crippen molar-refractivity contribution in [1.82, 2.24) is 15.5 Å². The second-order valence-corrected chi connectivity index (χ2v) is 9.78. The zero-order chi connectivity index (χ0) is 25.5. The van der Waals surface area contributed by atoms with Crippen LogP contribution in [0.2, 0.25) is 0 Å². The van der Waals surface area contributed by atoms with Gasteiger partial charge >= 0.3 is 0 Å². The molecule has 9 heteroatoms. The van der Waals surface area contributed by atoms with E-state index in [0.29, 0.717) is 25.3 Å². The van der Waals surface area contributed by atoms with Gasteiger partial charge in [-0.1, -0.05) is 18.7 Å². The highest BCUT2D eigenvalue weighted by Crippen LogP contribution is 2.36. The molecule has 36 heavy (non-hydrogen) atoms. The van der Waals surface area contributed by atoms with E-state index in [1.807, 2.05) is 29.2 Å². The van der Waals surface area contributed by atoms with Crippen molar-refractivity contribution in [3.05, 3.63) is 54.4 Å². The number of piperidine rings is 1. The maximum Gasteiger partial charge on any atom is 0.255 e. The number of aliphatic imine (C=N–C) groups is 1. The first kappa shape index (κ1) is 25.5. The highest BCUT2D eigenvalue weighted by molar-refractivity contribution is 6.13. The number of nitrogens with two attached hydrogens (primary N) is 1. The number of hydrogen-bond donors (Lipinski definition) is 3.